The van der Waals surface area contributed by atoms with Gasteiger partial charge in [0, 0.05) is 0 Å². The van der Waals surface area contributed by atoms with Gasteiger partial charge < -0.3 is 5.11 Å². The zero-order valence-corrected chi connectivity index (χ0v) is 12.3. The molecule has 100 valence electrons. The molecule has 0 bridgehead atoms. The second-order valence-corrected chi connectivity index (χ2v) is 7.21. The van der Waals surface area contributed by atoms with E-state index in [0.717, 1.165) is 25.7 Å². The fraction of sp³-hybridized carbons (Fsp3) is 0.875. The molecule has 3 atom stereocenters. The summed E-state index contributed by atoms with van der Waals surface area (Å²) in [5.74, 6) is 1.14. The molecule has 0 aliphatic heterocycles. The molecule has 0 fully saturated rings. The largest absolute Gasteiger partial charge is 0.393 e. The van der Waals surface area contributed by atoms with Crippen LogP contribution in [-0.4, -0.2) is 11.2 Å². The third-order valence-corrected chi connectivity index (χ3v) is 3.80. The van der Waals surface area contributed by atoms with E-state index >= 15 is 0 Å². The smallest absolute Gasteiger partial charge is 0.0571 e. The molecular formula is C16H30O. The van der Waals surface area contributed by atoms with E-state index < -0.39 is 0 Å². The summed E-state index contributed by atoms with van der Waals surface area (Å²) in [4.78, 5) is 0. The molecule has 1 rings (SSSR count). The van der Waals surface area contributed by atoms with E-state index in [4.69, 9.17) is 0 Å². The summed E-state index contributed by atoms with van der Waals surface area (Å²) in [5.41, 5.74) is 1.86. The van der Waals surface area contributed by atoms with Crippen LogP contribution in [0.15, 0.2) is 11.6 Å². The lowest BCUT2D eigenvalue weighted by Gasteiger charge is -2.30. The van der Waals surface area contributed by atoms with Crippen molar-refractivity contribution in [2.75, 3.05) is 0 Å². The number of aliphatic hydroxyl groups is 1. The van der Waals surface area contributed by atoms with E-state index in [0.29, 0.717) is 17.3 Å². The quantitative estimate of drug-likeness (QED) is 0.712. The molecule has 1 heteroatoms. The van der Waals surface area contributed by atoms with Crippen LogP contribution in [0.25, 0.3) is 0 Å². The monoisotopic (exact) mass is 238 g/mol. The van der Waals surface area contributed by atoms with Crippen molar-refractivity contribution in [3.05, 3.63) is 11.6 Å². The van der Waals surface area contributed by atoms with Gasteiger partial charge in [0.15, 0.2) is 0 Å². The van der Waals surface area contributed by atoms with Crippen LogP contribution in [0.5, 0.6) is 0 Å². The van der Waals surface area contributed by atoms with Gasteiger partial charge in [-0.15, -0.1) is 0 Å². The van der Waals surface area contributed by atoms with Gasteiger partial charge in [0.1, 0.15) is 0 Å². The Morgan fingerprint density at radius 1 is 1.41 bits per heavy atom. The second-order valence-electron chi connectivity index (χ2n) is 7.21. The molecule has 0 amide bonds. The third-order valence-electron chi connectivity index (χ3n) is 3.80. The lowest BCUT2D eigenvalue weighted by molar-refractivity contribution is 0.0799. The maximum atomic E-state index is 10.3. The minimum Gasteiger partial charge on any atom is -0.393 e. The molecule has 0 aromatic heterocycles. The average Bonchev–Trinajstić information content (AvgIpc) is 2.13. The zero-order valence-electron chi connectivity index (χ0n) is 12.3. The van der Waals surface area contributed by atoms with E-state index in [9.17, 15) is 5.11 Å². The molecule has 17 heavy (non-hydrogen) atoms. The van der Waals surface area contributed by atoms with Crippen molar-refractivity contribution >= 4 is 0 Å². The first-order valence-corrected chi connectivity index (χ1v) is 7.13. The Bertz CT molecular complexity index is 259. The molecule has 0 aromatic carbocycles. The van der Waals surface area contributed by atoms with E-state index in [1.165, 1.54) is 12.0 Å². The van der Waals surface area contributed by atoms with Gasteiger partial charge in [0.05, 0.1) is 6.10 Å². The molecule has 1 aliphatic carbocycles. The minimum atomic E-state index is -0.0940. The van der Waals surface area contributed by atoms with E-state index in [-0.39, 0.29) is 6.10 Å². The minimum absolute atomic E-state index is 0.0940. The second kappa shape index (κ2) is 6.04. The molecule has 0 aromatic rings. The number of aliphatic hydroxyl groups excluding tert-OH is 1. The predicted molar refractivity (Wildman–Crippen MR) is 75.0 cm³/mol. The van der Waals surface area contributed by atoms with Crippen molar-refractivity contribution in [3.8, 4) is 0 Å². The van der Waals surface area contributed by atoms with Crippen LogP contribution in [0.2, 0.25) is 0 Å². The normalized spacial score (nSPS) is 27.8. The van der Waals surface area contributed by atoms with Crippen molar-refractivity contribution in [3.63, 3.8) is 0 Å². The van der Waals surface area contributed by atoms with Crippen LogP contribution < -0.4 is 0 Å². The highest BCUT2D eigenvalue weighted by Crippen LogP contribution is 2.32. The Morgan fingerprint density at radius 3 is 2.59 bits per heavy atom. The first kappa shape index (κ1) is 14.8. The number of rotatable bonds is 4. The molecule has 1 N–H and O–H groups in total. The summed E-state index contributed by atoms with van der Waals surface area (Å²) in [7, 11) is 0. The first-order chi connectivity index (χ1) is 7.78. The maximum absolute atomic E-state index is 10.3. The fourth-order valence-electron chi connectivity index (χ4n) is 2.97. The van der Waals surface area contributed by atoms with Crippen LogP contribution in [0, 0.1) is 17.3 Å². The molecule has 0 saturated heterocycles. The summed E-state index contributed by atoms with van der Waals surface area (Å²) >= 11 is 0. The van der Waals surface area contributed by atoms with Gasteiger partial charge in [-0.2, -0.15) is 0 Å². The molecule has 1 nitrogen and oxygen atoms in total. The van der Waals surface area contributed by atoms with Gasteiger partial charge >= 0.3 is 0 Å². The average molecular weight is 238 g/mol. The van der Waals surface area contributed by atoms with Gasteiger partial charge in [-0.3, -0.25) is 0 Å². The van der Waals surface area contributed by atoms with Crippen molar-refractivity contribution in [1.82, 2.24) is 0 Å². The summed E-state index contributed by atoms with van der Waals surface area (Å²) in [5, 5.41) is 10.3. The Hall–Kier alpha value is -0.300. The molecule has 3 unspecified atom stereocenters. The Kier molecular flexibility index (Phi) is 5.24. The van der Waals surface area contributed by atoms with E-state index in [2.05, 4.69) is 40.7 Å². The summed E-state index contributed by atoms with van der Waals surface area (Å²) in [6.07, 6.45) is 7.86. The zero-order chi connectivity index (χ0) is 13.1. The lowest BCUT2D eigenvalue weighted by Crippen LogP contribution is -2.25. The summed E-state index contributed by atoms with van der Waals surface area (Å²) in [6, 6.07) is 0. The van der Waals surface area contributed by atoms with Gasteiger partial charge in [-0.25, -0.2) is 0 Å². The van der Waals surface area contributed by atoms with Crippen molar-refractivity contribution < 1.29 is 5.11 Å². The molecule has 0 spiro atoms. The van der Waals surface area contributed by atoms with Gasteiger partial charge in [-0.05, 0) is 49.9 Å². The Labute approximate surface area is 107 Å². The highest BCUT2D eigenvalue weighted by Gasteiger charge is 2.24. The van der Waals surface area contributed by atoms with Crippen molar-refractivity contribution in [2.24, 2.45) is 17.3 Å². The highest BCUT2D eigenvalue weighted by atomic mass is 16.3. The molecule has 0 heterocycles. The SMILES string of the molecule is CC1=CC(C)CC(C(O)CCCC(C)(C)C)C1. The number of allylic oxidation sites excluding steroid dienone is 2. The number of hydrogen-bond donors (Lipinski definition) is 1. The summed E-state index contributed by atoms with van der Waals surface area (Å²) < 4.78 is 0. The first-order valence-electron chi connectivity index (χ1n) is 7.13. The van der Waals surface area contributed by atoms with Crippen LogP contribution in [-0.2, 0) is 0 Å². The molecule has 0 radical (unpaired) electrons. The Balaban J connectivity index is 2.33. The maximum Gasteiger partial charge on any atom is 0.0571 e. The Morgan fingerprint density at radius 2 is 2.06 bits per heavy atom. The van der Waals surface area contributed by atoms with Crippen molar-refractivity contribution in [2.45, 2.75) is 72.8 Å². The highest BCUT2D eigenvalue weighted by molar-refractivity contribution is 5.07. The molecule has 1 aliphatic rings. The van der Waals surface area contributed by atoms with Crippen LogP contribution in [0.3, 0.4) is 0 Å². The van der Waals surface area contributed by atoms with Gasteiger partial charge in [0.2, 0.25) is 0 Å². The molecular weight excluding hydrogens is 208 g/mol. The van der Waals surface area contributed by atoms with E-state index in [1.807, 2.05) is 0 Å². The van der Waals surface area contributed by atoms with E-state index in [1.54, 1.807) is 0 Å². The topological polar surface area (TPSA) is 20.2 Å². The third kappa shape index (κ3) is 5.72. The van der Waals surface area contributed by atoms with Gasteiger partial charge in [-0.1, -0.05) is 45.8 Å². The van der Waals surface area contributed by atoms with Crippen LogP contribution in [0.1, 0.15) is 66.7 Å². The summed E-state index contributed by atoms with van der Waals surface area (Å²) in [6.45, 7) is 11.3. The number of hydrogen-bond acceptors (Lipinski definition) is 1. The standard InChI is InChI=1S/C16H30O/c1-12-9-13(2)11-14(10-12)15(17)7-6-8-16(3,4)5/h9,12,14-15,17H,6-8,10-11H2,1-5H3. The van der Waals surface area contributed by atoms with Crippen molar-refractivity contribution in [1.29, 1.82) is 0 Å². The lowest BCUT2D eigenvalue weighted by atomic mass is 9.79. The molecule has 0 saturated carbocycles. The predicted octanol–water partition coefficient (Wildman–Crippen LogP) is 4.56. The van der Waals surface area contributed by atoms with Crippen LogP contribution >= 0.6 is 0 Å². The van der Waals surface area contributed by atoms with Crippen LogP contribution in [0.4, 0.5) is 0 Å². The fourth-order valence-corrected chi connectivity index (χ4v) is 2.97. The van der Waals surface area contributed by atoms with Gasteiger partial charge in [0.25, 0.3) is 0 Å².